The quantitative estimate of drug-likeness (QED) is 0.909. The number of morpholine rings is 1. The number of fused-ring (bicyclic) bond motifs is 1. The zero-order chi connectivity index (χ0) is 17.2. The maximum atomic E-state index is 12.6. The minimum absolute atomic E-state index is 0.172. The summed E-state index contributed by atoms with van der Waals surface area (Å²) in [6.45, 7) is 9.29. The van der Waals surface area contributed by atoms with Crippen molar-refractivity contribution in [2.24, 2.45) is 0 Å². The molecule has 1 N–H and O–H groups in total. The van der Waals surface area contributed by atoms with Gasteiger partial charge < -0.3 is 19.5 Å². The van der Waals surface area contributed by atoms with Gasteiger partial charge in [-0.2, -0.15) is 0 Å². The fourth-order valence-electron chi connectivity index (χ4n) is 3.81. The van der Waals surface area contributed by atoms with Crippen LogP contribution in [0.1, 0.15) is 11.3 Å². The first-order valence-corrected chi connectivity index (χ1v) is 9.12. The number of nitrogens with zero attached hydrogens (tertiary/aromatic N) is 3. The van der Waals surface area contributed by atoms with Crippen molar-refractivity contribution >= 4 is 16.9 Å². The van der Waals surface area contributed by atoms with E-state index in [4.69, 9.17) is 4.74 Å². The molecule has 2 saturated heterocycles. The molecule has 6 heteroatoms. The van der Waals surface area contributed by atoms with Crippen molar-refractivity contribution < 1.29 is 9.53 Å². The van der Waals surface area contributed by atoms with Crippen LogP contribution in [0.4, 0.5) is 4.79 Å². The molecule has 2 fully saturated rings. The lowest BCUT2D eigenvalue weighted by Gasteiger charge is -2.38. The van der Waals surface area contributed by atoms with Crippen molar-refractivity contribution in [3.8, 4) is 0 Å². The Bertz CT molecular complexity index is 743. The second-order valence-corrected chi connectivity index (χ2v) is 6.92. The molecule has 2 aliphatic rings. The van der Waals surface area contributed by atoms with Crippen molar-refractivity contribution in [2.75, 3.05) is 52.5 Å². The van der Waals surface area contributed by atoms with E-state index < -0.39 is 0 Å². The highest BCUT2D eigenvalue weighted by atomic mass is 16.5. The average molecular weight is 342 g/mol. The predicted molar refractivity (Wildman–Crippen MR) is 97.7 cm³/mol. The number of H-pyrrole nitrogens is 1. The Morgan fingerprint density at radius 1 is 1.04 bits per heavy atom. The van der Waals surface area contributed by atoms with Crippen molar-refractivity contribution in [3.05, 3.63) is 35.5 Å². The summed E-state index contributed by atoms with van der Waals surface area (Å²) in [6.07, 6.45) is 0. The van der Waals surface area contributed by atoms with Gasteiger partial charge in [0.05, 0.1) is 13.2 Å². The maximum Gasteiger partial charge on any atom is 0.320 e. The molecule has 4 rings (SSSR count). The van der Waals surface area contributed by atoms with Crippen molar-refractivity contribution in [1.29, 1.82) is 0 Å². The van der Waals surface area contributed by atoms with Gasteiger partial charge >= 0.3 is 6.03 Å². The molecule has 134 valence electrons. The Morgan fingerprint density at radius 3 is 2.48 bits per heavy atom. The summed E-state index contributed by atoms with van der Waals surface area (Å²) in [5, 5.41) is 1.31. The van der Waals surface area contributed by atoms with Crippen LogP contribution in [-0.4, -0.2) is 78.2 Å². The first-order valence-electron chi connectivity index (χ1n) is 9.12. The second-order valence-electron chi connectivity index (χ2n) is 6.92. The molecule has 2 aromatic rings. The SMILES string of the molecule is Cc1[nH]c2ccccc2c1CN1CCN(C(=O)N2CCOCC2)CC1. The Hall–Kier alpha value is -2.05. The molecule has 0 aliphatic carbocycles. The highest BCUT2D eigenvalue weighted by molar-refractivity contribution is 5.84. The standard InChI is InChI=1S/C19H26N4O2/c1-15-17(16-4-2-3-5-18(16)20-15)14-21-6-8-22(9-7-21)19(24)23-10-12-25-13-11-23/h2-5,20H,6-14H2,1H3. The number of ether oxygens (including phenoxy) is 1. The van der Waals surface area contributed by atoms with E-state index in [-0.39, 0.29) is 6.03 Å². The van der Waals surface area contributed by atoms with Crippen LogP contribution in [0.5, 0.6) is 0 Å². The first-order chi connectivity index (χ1) is 12.2. The third-order valence-electron chi connectivity index (χ3n) is 5.33. The smallest absolute Gasteiger partial charge is 0.320 e. The van der Waals surface area contributed by atoms with Gasteiger partial charge in [0.1, 0.15) is 0 Å². The lowest BCUT2D eigenvalue weighted by atomic mass is 10.1. The average Bonchev–Trinajstić information content (AvgIpc) is 2.98. The van der Waals surface area contributed by atoms with E-state index in [0.717, 1.165) is 32.7 Å². The Morgan fingerprint density at radius 2 is 1.72 bits per heavy atom. The molecule has 0 spiro atoms. The van der Waals surface area contributed by atoms with Crippen LogP contribution in [0.3, 0.4) is 0 Å². The molecule has 0 bridgehead atoms. The molecular weight excluding hydrogens is 316 g/mol. The van der Waals surface area contributed by atoms with E-state index in [1.54, 1.807) is 0 Å². The summed E-state index contributed by atoms with van der Waals surface area (Å²) in [5.41, 5.74) is 3.83. The number of rotatable bonds is 2. The van der Waals surface area contributed by atoms with Crippen molar-refractivity contribution in [1.82, 2.24) is 19.7 Å². The molecular formula is C19H26N4O2. The molecule has 0 saturated carbocycles. The van der Waals surface area contributed by atoms with Gasteiger partial charge in [-0.15, -0.1) is 0 Å². The largest absolute Gasteiger partial charge is 0.378 e. The van der Waals surface area contributed by atoms with E-state index >= 15 is 0 Å². The zero-order valence-electron chi connectivity index (χ0n) is 14.8. The van der Waals surface area contributed by atoms with Gasteiger partial charge in [0.25, 0.3) is 0 Å². The first kappa shape index (κ1) is 16.4. The van der Waals surface area contributed by atoms with Crippen molar-refractivity contribution in [3.63, 3.8) is 0 Å². The summed E-state index contributed by atoms with van der Waals surface area (Å²) < 4.78 is 5.34. The lowest BCUT2D eigenvalue weighted by Crippen LogP contribution is -2.54. The second kappa shape index (κ2) is 7.06. The molecule has 0 unspecified atom stereocenters. The number of urea groups is 1. The van der Waals surface area contributed by atoms with E-state index in [1.165, 1.54) is 22.2 Å². The van der Waals surface area contributed by atoms with Crippen LogP contribution in [0, 0.1) is 6.92 Å². The van der Waals surface area contributed by atoms with Gasteiger partial charge in [0.2, 0.25) is 0 Å². The summed E-state index contributed by atoms with van der Waals surface area (Å²) >= 11 is 0. The minimum Gasteiger partial charge on any atom is -0.378 e. The fraction of sp³-hybridized carbons (Fsp3) is 0.526. The number of hydrogen-bond acceptors (Lipinski definition) is 3. The molecule has 25 heavy (non-hydrogen) atoms. The van der Waals surface area contributed by atoms with Gasteiger partial charge in [0.15, 0.2) is 0 Å². The van der Waals surface area contributed by atoms with Gasteiger partial charge in [0, 0.05) is 62.4 Å². The zero-order valence-corrected chi connectivity index (χ0v) is 14.8. The van der Waals surface area contributed by atoms with E-state index in [2.05, 4.69) is 41.1 Å². The summed E-state index contributed by atoms with van der Waals surface area (Å²) in [6, 6.07) is 8.65. The number of amides is 2. The van der Waals surface area contributed by atoms with Crippen LogP contribution in [0.2, 0.25) is 0 Å². The van der Waals surface area contributed by atoms with Crippen molar-refractivity contribution in [2.45, 2.75) is 13.5 Å². The Kier molecular flexibility index (Phi) is 4.63. The highest BCUT2D eigenvalue weighted by Crippen LogP contribution is 2.23. The molecule has 0 radical (unpaired) electrons. The van der Waals surface area contributed by atoms with E-state index in [1.807, 2.05) is 9.80 Å². The third kappa shape index (κ3) is 3.37. The highest BCUT2D eigenvalue weighted by Gasteiger charge is 2.26. The van der Waals surface area contributed by atoms with Gasteiger partial charge in [-0.05, 0) is 18.6 Å². The summed E-state index contributed by atoms with van der Waals surface area (Å²) in [4.78, 5) is 22.4. The number of aromatic nitrogens is 1. The minimum atomic E-state index is 0.172. The predicted octanol–water partition coefficient (Wildman–Crippen LogP) is 2.05. The number of carbonyl (C=O) groups is 1. The van der Waals surface area contributed by atoms with Crippen LogP contribution in [0.25, 0.3) is 10.9 Å². The number of hydrogen-bond donors (Lipinski definition) is 1. The summed E-state index contributed by atoms with van der Waals surface area (Å²) in [7, 11) is 0. The van der Waals surface area contributed by atoms with Gasteiger partial charge in [-0.3, -0.25) is 4.90 Å². The van der Waals surface area contributed by atoms with Crippen LogP contribution < -0.4 is 0 Å². The molecule has 6 nitrogen and oxygen atoms in total. The normalized spacial score (nSPS) is 19.6. The fourth-order valence-corrected chi connectivity index (χ4v) is 3.81. The number of benzene rings is 1. The monoisotopic (exact) mass is 342 g/mol. The van der Waals surface area contributed by atoms with Crippen LogP contribution in [0.15, 0.2) is 24.3 Å². The Balaban J connectivity index is 1.37. The number of aryl methyl sites for hydroxylation is 1. The van der Waals surface area contributed by atoms with Crippen LogP contribution >= 0.6 is 0 Å². The van der Waals surface area contributed by atoms with E-state index in [0.29, 0.717) is 26.3 Å². The van der Waals surface area contributed by atoms with Gasteiger partial charge in [-0.25, -0.2) is 4.79 Å². The lowest BCUT2D eigenvalue weighted by molar-refractivity contribution is 0.0373. The number of piperazine rings is 1. The van der Waals surface area contributed by atoms with Crippen LogP contribution in [-0.2, 0) is 11.3 Å². The molecule has 3 heterocycles. The topological polar surface area (TPSA) is 51.8 Å². The number of nitrogens with one attached hydrogen (secondary N) is 1. The molecule has 2 amide bonds. The number of carbonyl (C=O) groups excluding carboxylic acids is 1. The number of para-hydroxylation sites is 1. The molecule has 2 aliphatic heterocycles. The van der Waals surface area contributed by atoms with E-state index in [9.17, 15) is 4.79 Å². The number of aromatic amines is 1. The molecule has 0 atom stereocenters. The molecule has 1 aromatic heterocycles. The Labute approximate surface area is 148 Å². The summed E-state index contributed by atoms with van der Waals surface area (Å²) in [5.74, 6) is 0. The molecule has 1 aromatic carbocycles. The maximum absolute atomic E-state index is 12.6. The van der Waals surface area contributed by atoms with Gasteiger partial charge in [-0.1, -0.05) is 18.2 Å². The third-order valence-corrected chi connectivity index (χ3v) is 5.33.